The Labute approximate surface area is 76.9 Å². The lowest BCUT2D eigenvalue weighted by atomic mass is 10.2. The fourth-order valence-electron chi connectivity index (χ4n) is 0.923. The number of aromatic amines is 1. The fourth-order valence-corrected chi connectivity index (χ4v) is 0.923. The van der Waals surface area contributed by atoms with Crippen molar-refractivity contribution in [2.24, 2.45) is 5.73 Å². The molecular formula is C8H14N4O. The first-order valence-corrected chi connectivity index (χ1v) is 4.13. The third kappa shape index (κ3) is 2.06. The number of hydrogen-bond acceptors (Lipinski definition) is 3. The van der Waals surface area contributed by atoms with E-state index in [1.54, 1.807) is 24.2 Å². The van der Waals surface area contributed by atoms with Crippen LogP contribution in [0.15, 0.2) is 12.3 Å². The van der Waals surface area contributed by atoms with Crippen molar-refractivity contribution in [2.45, 2.75) is 13.0 Å². The number of amides is 1. The fraction of sp³-hybridized carbons (Fsp3) is 0.500. The van der Waals surface area contributed by atoms with E-state index in [1.165, 1.54) is 0 Å². The molecule has 0 aliphatic rings. The second kappa shape index (κ2) is 4.04. The first kappa shape index (κ1) is 9.73. The number of nitrogens with zero attached hydrogens (tertiary/aromatic N) is 2. The van der Waals surface area contributed by atoms with Crippen LogP contribution in [0.5, 0.6) is 0 Å². The highest BCUT2D eigenvalue weighted by Gasteiger charge is 2.16. The molecule has 1 amide bonds. The summed E-state index contributed by atoms with van der Waals surface area (Å²) in [6, 6.07) is 1.68. The summed E-state index contributed by atoms with van der Waals surface area (Å²) >= 11 is 0. The van der Waals surface area contributed by atoms with E-state index in [4.69, 9.17) is 5.73 Å². The van der Waals surface area contributed by atoms with Crippen LogP contribution in [0.3, 0.4) is 0 Å². The van der Waals surface area contributed by atoms with Crippen LogP contribution in [0.4, 0.5) is 0 Å². The first-order valence-electron chi connectivity index (χ1n) is 4.13. The molecule has 0 aliphatic carbocycles. The number of hydrogen-bond donors (Lipinski definition) is 2. The van der Waals surface area contributed by atoms with Gasteiger partial charge in [0.15, 0.2) is 0 Å². The van der Waals surface area contributed by atoms with Gasteiger partial charge in [0.05, 0.1) is 0 Å². The van der Waals surface area contributed by atoms with Gasteiger partial charge in [-0.1, -0.05) is 0 Å². The zero-order valence-electron chi connectivity index (χ0n) is 7.82. The minimum atomic E-state index is -0.0875. The van der Waals surface area contributed by atoms with Crippen LogP contribution in [0.1, 0.15) is 17.4 Å². The molecule has 0 fully saturated rings. The quantitative estimate of drug-likeness (QED) is 0.681. The number of likely N-dealkylation sites (N-methyl/N-ethyl adjacent to an activating group) is 1. The van der Waals surface area contributed by atoms with Crippen molar-refractivity contribution >= 4 is 5.91 Å². The van der Waals surface area contributed by atoms with E-state index in [1.807, 2.05) is 6.92 Å². The molecule has 3 N–H and O–H groups in total. The Balaban J connectivity index is 2.68. The van der Waals surface area contributed by atoms with Gasteiger partial charge in [0.25, 0.3) is 5.91 Å². The van der Waals surface area contributed by atoms with Gasteiger partial charge in [-0.3, -0.25) is 9.89 Å². The average Bonchev–Trinajstić information content (AvgIpc) is 2.67. The van der Waals surface area contributed by atoms with E-state index in [9.17, 15) is 4.79 Å². The van der Waals surface area contributed by atoms with Gasteiger partial charge in [0, 0.05) is 25.8 Å². The minimum Gasteiger partial charge on any atom is -0.336 e. The van der Waals surface area contributed by atoms with Crippen LogP contribution in [0.25, 0.3) is 0 Å². The number of aromatic nitrogens is 2. The number of nitrogens with one attached hydrogen (secondary N) is 1. The molecule has 13 heavy (non-hydrogen) atoms. The Bertz CT molecular complexity index is 270. The van der Waals surface area contributed by atoms with Crippen molar-refractivity contribution in [3.05, 3.63) is 18.0 Å². The molecule has 5 heteroatoms. The van der Waals surface area contributed by atoms with Gasteiger partial charge in [0.2, 0.25) is 0 Å². The van der Waals surface area contributed by atoms with Gasteiger partial charge in [-0.15, -0.1) is 0 Å². The molecule has 0 saturated carbocycles. The van der Waals surface area contributed by atoms with E-state index in [0.29, 0.717) is 12.2 Å². The maximum atomic E-state index is 11.6. The molecule has 0 radical (unpaired) electrons. The highest BCUT2D eigenvalue weighted by Crippen LogP contribution is 2.01. The molecule has 1 atom stereocenters. The van der Waals surface area contributed by atoms with Gasteiger partial charge in [-0.05, 0) is 13.0 Å². The Kier molecular flexibility index (Phi) is 3.02. The Morgan fingerprint density at radius 3 is 3.00 bits per heavy atom. The van der Waals surface area contributed by atoms with Crippen molar-refractivity contribution in [1.29, 1.82) is 0 Å². The number of H-pyrrole nitrogens is 1. The monoisotopic (exact) mass is 182 g/mol. The summed E-state index contributed by atoms with van der Waals surface area (Å²) in [5, 5.41) is 6.32. The molecule has 1 unspecified atom stereocenters. The summed E-state index contributed by atoms with van der Waals surface area (Å²) in [5.41, 5.74) is 5.93. The predicted octanol–water partition coefficient (Wildman–Crippen LogP) is -0.171. The first-order chi connectivity index (χ1) is 6.16. The molecular weight excluding hydrogens is 168 g/mol. The second-order valence-electron chi connectivity index (χ2n) is 2.97. The summed E-state index contributed by atoms with van der Waals surface area (Å²) in [6.45, 7) is 2.35. The second-order valence-corrected chi connectivity index (χ2v) is 2.97. The molecule has 0 saturated heterocycles. The average molecular weight is 182 g/mol. The maximum Gasteiger partial charge on any atom is 0.271 e. The number of nitrogens with two attached hydrogens (primary N) is 1. The SMILES string of the molecule is CC(CN)N(C)C(=O)c1ccn[nH]1. The Morgan fingerprint density at radius 1 is 1.85 bits per heavy atom. The standard InChI is InChI=1S/C8H14N4O/c1-6(5-9)12(2)8(13)7-3-4-10-11-7/h3-4,6H,5,9H2,1-2H3,(H,10,11). The van der Waals surface area contributed by atoms with Crippen LogP contribution in [0.2, 0.25) is 0 Å². The molecule has 72 valence electrons. The van der Waals surface area contributed by atoms with E-state index < -0.39 is 0 Å². The van der Waals surface area contributed by atoms with Crippen LogP contribution < -0.4 is 5.73 Å². The summed E-state index contributed by atoms with van der Waals surface area (Å²) in [5.74, 6) is -0.0875. The van der Waals surface area contributed by atoms with Crippen LogP contribution in [-0.4, -0.2) is 40.6 Å². The van der Waals surface area contributed by atoms with Crippen LogP contribution >= 0.6 is 0 Å². The Hall–Kier alpha value is -1.36. The van der Waals surface area contributed by atoms with Crippen molar-refractivity contribution in [3.8, 4) is 0 Å². The third-order valence-corrected chi connectivity index (χ3v) is 2.05. The van der Waals surface area contributed by atoms with Crippen LogP contribution in [0, 0.1) is 0 Å². The lowest BCUT2D eigenvalue weighted by Crippen LogP contribution is -2.39. The zero-order chi connectivity index (χ0) is 9.84. The van der Waals surface area contributed by atoms with Crippen molar-refractivity contribution in [1.82, 2.24) is 15.1 Å². The van der Waals surface area contributed by atoms with E-state index in [2.05, 4.69) is 10.2 Å². The predicted molar refractivity (Wildman–Crippen MR) is 49.2 cm³/mol. The summed E-state index contributed by atoms with van der Waals surface area (Å²) in [4.78, 5) is 13.2. The molecule has 5 nitrogen and oxygen atoms in total. The largest absolute Gasteiger partial charge is 0.336 e. The smallest absolute Gasteiger partial charge is 0.271 e. The third-order valence-electron chi connectivity index (χ3n) is 2.05. The van der Waals surface area contributed by atoms with E-state index in [-0.39, 0.29) is 11.9 Å². The van der Waals surface area contributed by atoms with Crippen molar-refractivity contribution in [3.63, 3.8) is 0 Å². The summed E-state index contributed by atoms with van der Waals surface area (Å²) in [7, 11) is 1.72. The van der Waals surface area contributed by atoms with Gasteiger partial charge in [0.1, 0.15) is 5.69 Å². The molecule has 1 aromatic rings. The zero-order valence-corrected chi connectivity index (χ0v) is 7.82. The van der Waals surface area contributed by atoms with Gasteiger partial charge >= 0.3 is 0 Å². The summed E-state index contributed by atoms with van der Waals surface area (Å²) in [6.07, 6.45) is 1.55. The topological polar surface area (TPSA) is 75.0 Å². The summed E-state index contributed by atoms with van der Waals surface area (Å²) < 4.78 is 0. The lowest BCUT2D eigenvalue weighted by molar-refractivity contribution is 0.0742. The molecule has 0 aromatic carbocycles. The van der Waals surface area contributed by atoms with Gasteiger partial charge < -0.3 is 10.6 Å². The van der Waals surface area contributed by atoms with Crippen LogP contribution in [-0.2, 0) is 0 Å². The maximum absolute atomic E-state index is 11.6. The van der Waals surface area contributed by atoms with Gasteiger partial charge in [-0.2, -0.15) is 5.10 Å². The number of rotatable bonds is 3. The highest BCUT2D eigenvalue weighted by atomic mass is 16.2. The molecule has 1 rings (SSSR count). The molecule has 0 bridgehead atoms. The normalized spacial score (nSPS) is 12.5. The molecule has 0 spiro atoms. The number of carbonyl (C=O) groups is 1. The molecule has 0 aliphatic heterocycles. The molecule has 1 heterocycles. The highest BCUT2D eigenvalue weighted by molar-refractivity contribution is 5.92. The molecule has 1 aromatic heterocycles. The van der Waals surface area contributed by atoms with Crippen molar-refractivity contribution < 1.29 is 4.79 Å². The van der Waals surface area contributed by atoms with Gasteiger partial charge in [-0.25, -0.2) is 0 Å². The Morgan fingerprint density at radius 2 is 2.54 bits per heavy atom. The van der Waals surface area contributed by atoms with Crippen molar-refractivity contribution in [2.75, 3.05) is 13.6 Å². The lowest BCUT2D eigenvalue weighted by Gasteiger charge is -2.22. The minimum absolute atomic E-state index is 0.0378. The van der Waals surface area contributed by atoms with E-state index in [0.717, 1.165) is 0 Å². The van der Waals surface area contributed by atoms with E-state index >= 15 is 0 Å². The number of carbonyl (C=O) groups excluding carboxylic acids is 1.